The van der Waals surface area contributed by atoms with Gasteiger partial charge < -0.3 is 14.4 Å². The van der Waals surface area contributed by atoms with Gasteiger partial charge in [-0.3, -0.25) is 0 Å². The lowest BCUT2D eigenvalue weighted by atomic mass is 10.1. The zero-order chi connectivity index (χ0) is 11.5. The zero-order valence-electron chi connectivity index (χ0n) is 8.51. The van der Waals surface area contributed by atoms with E-state index in [1.165, 1.54) is 6.26 Å². The Kier molecular flexibility index (Phi) is 2.59. The molecule has 2 rings (SSSR count). The second-order valence-corrected chi connectivity index (χ2v) is 3.11. The first-order valence-corrected chi connectivity index (χ1v) is 4.54. The molecule has 1 aromatic carbocycles. The molecule has 5 heteroatoms. The number of carbonyl (C=O) groups is 1. The Balaban J connectivity index is 2.50. The summed E-state index contributed by atoms with van der Waals surface area (Å²) >= 11 is 0. The standard InChI is InChI=1S/C11H9NO4/c1-15-8-4-2-3-7(5-8)9-6-16-12-10(9)11(13)14/h2-6H,1H3,(H,13,14). The summed E-state index contributed by atoms with van der Waals surface area (Å²) in [5.41, 5.74) is 1.03. The molecule has 0 radical (unpaired) electrons. The maximum absolute atomic E-state index is 10.9. The fourth-order valence-electron chi connectivity index (χ4n) is 1.39. The van der Waals surface area contributed by atoms with Gasteiger partial charge in [-0.2, -0.15) is 0 Å². The minimum absolute atomic E-state index is 0.103. The highest BCUT2D eigenvalue weighted by Crippen LogP contribution is 2.26. The van der Waals surface area contributed by atoms with Crippen molar-refractivity contribution < 1.29 is 19.2 Å². The van der Waals surface area contributed by atoms with Crippen LogP contribution in [0.1, 0.15) is 10.5 Å². The number of carboxylic acids is 1. The normalized spacial score (nSPS) is 10.1. The molecule has 1 N–H and O–H groups in total. The third-order valence-electron chi connectivity index (χ3n) is 2.15. The van der Waals surface area contributed by atoms with Crippen molar-refractivity contribution in [2.24, 2.45) is 0 Å². The van der Waals surface area contributed by atoms with E-state index in [-0.39, 0.29) is 5.69 Å². The molecule has 0 aliphatic heterocycles. The Hall–Kier alpha value is -2.30. The summed E-state index contributed by atoms with van der Waals surface area (Å²) in [5.74, 6) is -0.471. The van der Waals surface area contributed by atoms with E-state index < -0.39 is 5.97 Å². The van der Waals surface area contributed by atoms with E-state index in [0.29, 0.717) is 16.9 Å². The number of hydrogen-bond donors (Lipinski definition) is 1. The minimum Gasteiger partial charge on any atom is -0.497 e. The zero-order valence-corrected chi connectivity index (χ0v) is 8.51. The van der Waals surface area contributed by atoms with Gasteiger partial charge in [0.2, 0.25) is 0 Å². The number of aromatic nitrogens is 1. The second-order valence-electron chi connectivity index (χ2n) is 3.11. The van der Waals surface area contributed by atoms with Crippen molar-refractivity contribution in [3.05, 3.63) is 36.2 Å². The maximum atomic E-state index is 10.9. The molecule has 16 heavy (non-hydrogen) atoms. The smallest absolute Gasteiger partial charge is 0.358 e. The van der Waals surface area contributed by atoms with Crippen LogP contribution in [0.4, 0.5) is 0 Å². The van der Waals surface area contributed by atoms with Crippen LogP contribution >= 0.6 is 0 Å². The van der Waals surface area contributed by atoms with E-state index in [0.717, 1.165) is 0 Å². The van der Waals surface area contributed by atoms with Gasteiger partial charge in [-0.05, 0) is 17.7 Å². The molecule has 0 saturated heterocycles. The Bertz CT molecular complexity index is 518. The number of rotatable bonds is 3. The number of nitrogens with zero attached hydrogens (tertiary/aromatic N) is 1. The first-order valence-electron chi connectivity index (χ1n) is 4.54. The summed E-state index contributed by atoms with van der Waals surface area (Å²) in [6.07, 6.45) is 1.30. The number of hydrogen-bond acceptors (Lipinski definition) is 4. The van der Waals surface area contributed by atoms with E-state index in [1.54, 1.807) is 31.4 Å². The lowest BCUT2D eigenvalue weighted by Crippen LogP contribution is -1.98. The highest BCUT2D eigenvalue weighted by molar-refractivity contribution is 5.93. The van der Waals surface area contributed by atoms with Crippen molar-refractivity contribution >= 4 is 5.97 Å². The van der Waals surface area contributed by atoms with Gasteiger partial charge >= 0.3 is 5.97 Å². The highest BCUT2D eigenvalue weighted by Gasteiger charge is 2.16. The Morgan fingerprint density at radius 1 is 1.50 bits per heavy atom. The highest BCUT2D eigenvalue weighted by atomic mass is 16.5. The fraction of sp³-hybridized carbons (Fsp3) is 0.0909. The van der Waals surface area contributed by atoms with Gasteiger partial charge in [0.15, 0.2) is 5.69 Å². The first-order chi connectivity index (χ1) is 7.72. The first kappa shape index (κ1) is 10.2. The van der Waals surface area contributed by atoms with Crippen LogP contribution in [-0.2, 0) is 0 Å². The van der Waals surface area contributed by atoms with Gasteiger partial charge in [0.25, 0.3) is 0 Å². The van der Waals surface area contributed by atoms with Crippen LogP contribution < -0.4 is 4.74 Å². The summed E-state index contributed by atoms with van der Waals surface area (Å²) in [7, 11) is 1.55. The molecule has 0 aliphatic carbocycles. The lowest BCUT2D eigenvalue weighted by Gasteiger charge is -2.02. The molecule has 0 saturated carbocycles. The van der Waals surface area contributed by atoms with Gasteiger partial charge in [-0.1, -0.05) is 17.3 Å². The number of benzene rings is 1. The number of methoxy groups -OCH3 is 1. The summed E-state index contributed by atoms with van der Waals surface area (Å²) in [4.78, 5) is 10.9. The average Bonchev–Trinajstić information content (AvgIpc) is 2.78. The summed E-state index contributed by atoms with van der Waals surface area (Å²) in [5, 5.41) is 12.3. The van der Waals surface area contributed by atoms with E-state index in [4.69, 9.17) is 9.84 Å². The van der Waals surface area contributed by atoms with Crippen LogP contribution in [0.3, 0.4) is 0 Å². The molecule has 0 spiro atoms. The van der Waals surface area contributed by atoms with Gasteiger partial charge in [-0.25, -0.2) is 4.79 Å². The molecule has 0 bridgehead atoms. The van der Waals surface area contributed by atoms with Crippen LogP contribution in [0.2, 0.25) is 0 Å². The van der Waals surface area contributed by atoms with E-state index in [1.807, 2.05) is 0 Å². The van der Waals surface area contributed by atoms with Crippen molar-refractivity contribution in [2.75, 3.05) is 7.11 Å². The summed E-state index contributed by atoms with van der Waals surface area (Å²) in [6.45, 7) is 0. The second kappa shape index (κ2) is 4.06. The van der Waals surface area contributed by atoms with Crippen molar-refractivity contribution in [3.8, 4) is 16.9 Å². The van der Waals surface area contributed by atoms with E-state index in [9.17, 15) is 4.79 Å². The van der Waals surface area contributed by atoms with Crippen LogP contribution in [0.15, 0.2) is 35.1 Å². The largest absolute Gasteiger partial charge is 0.497 e. The SMILES string of the molecule is COc1cccc(-c2conc2C(=O)O)c1. The number of aromatic carboxylic acids is 1. The van der Waals surface area contributed by atoms with Crippen molar-refractivity contribution in [1.29, 1.82) is 0 Å². The topological polar surface area (TPSA) is 72.6 Å². The number of ether oxygens (including phenoxy) is 1. The molecule has 1 heterocycles. The Labute approximate surface area is 91.3 Å². The average molecular weight is 219 g/mol. The van der Waals surface area contributed by atoms with Crippen LogP contribution in [0, 0.1) is 0 Å². The van der Waals surface area contributed by atoms with Crippen molar-refractivity contribution in [3.63, 3.8) is 0 Å². The molecule has 0 fully saturated rings. The molecule has 1 aromatic heterocycles. The van der Waals surface area contributed by atoms with Crippen LogP contribution in [0.25, 0.3) is 11.1 Å². The molecular formula is C11H9NO4. The van der Waals surface area contributed by atoms with Gasteiger partial charge in [0, 0.05) is 0 Å². The maximum Gasteiger partial charge on any atom is 0.358 e. The van der Waals surface area contributed by atoms with Gasteiger partial charge in [0.05, 0.1) is 12.7 Å². The molecule has 0 aliphatic rings. The molecule has 0 atom stereocenters. The fourth-order valence-corrected chi connectivity index (χ4v) is 1.39. The van der Waals surface area contributed by atoms with Gasteiger partial charge in [0.1, 0.15) is 12.0 Å². The monoisotopic (exact) mass is 219 g/mol. The minimum atomic E-state index is -1.12. The van der Waals surface area contributed by atoms with E-state index in [2.05, 4.69) is 9.68 Å². The van der Waals surface area contributed by atoms with Crippen LogP contribution in [-0.4, -0.2) is 23.3 Å². The molecular weight excluding hydrogens is 210 g/mol. The van der Waals surface area contributed by atoms with Crippen molar-refractivity contribution in [2.45, 2.75) is 0 Å². The third kappa shape index (κ3) is 1.75. The van der Waals surface area contributed by atoms with Crippen LogP contribution in [0.5, 0.6) is 5.75 Å². The van der Waals surface area contributed by atoms with E-state index >= 15 is 0 Å². The molecule has 5 nitrogen and oxygen atoms in total. The predicted molar refractivity (Wildman–Crippen MR) is 55.5 cm³/mol. The number of carboxylic acid groups (broad SMARTS) is 1. The molecule has 82 valence electrons. The summed E-state index contributed by atoms with van der Waals surface area (Å²) < 4.78 is 9.72. The quantitative estimate of drug-likeness (QED) is 0.855. The van der Waals surface area contributed by atoms with Gasteiger partial charge in [-0.15, -0.1) is 0 Å². The lowest BCUT2D eigenvalue weighted by molar-refractivity contribution is 0.0686. The third-order valence-corrected chi connectivity index (χ3v) is 2.15. The Morgan fingerprint density at radius 2 is 2.31 bits per heavy atom. The van der Waals surface area contributed by atoms with Crippen molar-refractivity contribution in [1.82, 2.24) is 5.16 Å². The predicted octanol–water partition coefficient (Wildman–Crippen LogP) is 2.05. The molecule has 0 unspecified atom stereocenters. The Morgan fingerprint density at radius 3 is 3.00 bits per heavy atom. The molecule has 2 aromatic rings. The molecule has 0 amide bonds. The summed E-state index contributed by atoms with van der Waals surface area (Å²) in [6, 6.07) is 7.03.